The molecule has 0 aromatic heterocycles. The molecule has 0 bridgehead atoms. The molecule has 0 radical (unpaired) electrons. The molecule has 0 saturated heterocycles. The standard InChI is InChI=1S/C27H24ClNO3/c1-15-14-27(2,3)29-19-10-9-18-24(23(15)19)22(13-16-5-7-17(28)8-6-16)32-21-12-11-20(30)26(31-4)25(18)21/h5-14,29-30H,1-4H3/b22-13-. The maximum atomic E-state index is 10.4. The quantitative estimate of drug-likeness (QED) is 0.437. The Morgan fingerprint density at radius 3 is 2.47 bits per heavy atom. The zero-order chi connectivity index (χ0) is 22.6. The van der Waals surface area contributed by atoms with Crippen LogP contribution in [0.5, 0.6) is 17.2 Å². The van der Waals surface area contributed by atoms with Crippen LogP contribution in [0.1, 0.15) is 37.5 Å². The Balaban J connectivity index is 1.83. The molecule has 0 aliphatic carbocycles. The first-order valence-electron chi connectivity index (χ1n) is 10.5. The number of phenolic OH excluding ortho intramolecular Hbond substituents is 1. The van der Waals surface area contributed by atoms with Gasteiger partial charge in [0.05, 0.1) is 18.2 Å². The number of halogens is 1. The highest BCUT2D eigenvalue weighted by Crippen LogP contribution is 2.54. The molecule has 0 atom stereocenters. The van der Waals surface area contributed by atoms with Crippen LogP contribution < -0.4 is 14.8 Å². The minimum Gasteiger partial charge on any atom is -0.504 e. The number of rotatable bonds is 2. The van der Waals surface area contributed by atoms with Crippen molar-refractivity contribution in [3.63, 3.8) is 0 Å². The molecule has 0 unspecified atom stereocenters. The topological polar surface area (TPSA) is 50.7 Å². The number of hydrogen-bond donors (Lipinski definition) is 2. The summed E-state index contributed by atoms with van der Waals surface area (Å²) in [7, 11) is 1.56. The van der Waals surface area contributed by atoms with Crippen molar-refractivity contribution >= 4 is 34.7 Å². The molecule has 2 aliphatic rings. The number of allylic oxidation sites excluding steroid dienone is 1. The van der Waals surface area contributed by atoms with Crippen LogP contribution in [-0.4, -0.2) is 17.8 Å². The molecule has 2 N–H and O–H groups in total. The van der Waals surface area contributed by atoms with Crippen LogP contribution in [0.2, 0.25) is 5.02 Å². The normalized spacial score (nSPS) is 16.8. The number of fused-ring (bicyclic) bond motifs is 5. The first-order valence-corrected chi connectivity index (χ1v) is 10.9. The van der Waals surface area contributed by atoms with E-state index in [-0.39, 0.29) is 11.3 Å². The summed E-state index contributed by atoms with van der Waals surface area (Å²) in [6.07, 6.45) is 4.25. The molecule has 0 amide bonds. The number of aromatic hydroxyl groups is 1. The van der Waals surface area contributed by atoms with Crippen molar-refractivity contribution in [2.45, 2.75) is 26.3 Å². The van der Waals surface area contributed by atoms with E-state index in [1.807, 2.05) is 30.3 Å². The molecular weight excluding hydrogens is 422 g/mol. The predicted molar refractivity (Wildman–Crippen MR) is 131 cm³/mol. The Morgan fingerprint density at radius 1 is 1.00 bits per heavy atom. The lowest BCUT2D eigenvalue weighted by atomic mass is 9.83. The number of hydrogen-bond acceptors (Lipinski definition) is 4. The SMILES string of the molecule is COc1c(O)ccc2c1-c1ccc3c(c1/C(=C/c1ccc(Cl)cc1)O2)C(C)=CC(C)(C)N3. The fourth-order valence-corrected chi connectivity index (χ4v) is 4.79. The van der Waals surface area contributed by atoms with Crippen LogP contribution in [-0.2, 0) is 0 Å². The Hall–Kier alpha value is -3.37. The average Bonchev–Trinajstić information content (AvgIpc) is 2.74. The summed E-state index contributed by atoms with van der Waals surface area (Å²) < 4.78 is 12.0. The number of ether oxygens (including phenoxy) is 2. The second-order valence-electron chi connectivity index (χ2n) is 8.74. The Morgan fingerprint density at radius 2 is 1.75 bits per heavy atom. The summed E-state index contributed by atoms with van der Waals surface area (Å²) >= 11 is 6.09. The van der Waals surface area contributed by atoms with Crippen LogP contribution in [0.3, 0.4) is 0 Å². The van der Waals surface area contributed by atoms with Crippen molar-refractivity contribution in [2.75, 3.05) is 12.4 Å². The van der Waals surface area contributed by atoms with E-state index in [9.17, 15) is 5.11 Å². The highest BCUT2D eigenvalue weighted by atomic mass is 35.5. The van der Waals surface area contributed by atoms with Crippen LogP contribution in [0, 0.1) is 0 Å². The summed E-state index contributed by atoms with van der Waals surface area (Å²) in [5, 5.41) is 14.7. The van der Waals surface area contributed by atoms with E-state index in [0.717, 1.165) is 44.8 Å². The van der Waals surface area contributed by atoms with Gasteiger partial charge in [-0.05, 0) is 68.3 Å². The zero-order valence-electron chi connectivity index (χ0n) is 18.4. The van der Waals surface area contributed by atoms with Gasteiger partial charge in [-0.3, -0.25) is 0 Å². The van der Waals surface area contributed by atoms with E-state index in [2.05, 4.69) is 44.3 Å². The molecule has 0 fully saturated rings. The number of benzene rings is 3. The summed E-state index contributed by atoms with van der Waals surface area (Å²) in [6, 6.07) is 15.2. The summed E-state index contributed by atoms with van der Waals surface area (Å²) in [6.45, 7) is 6.42. The third-order valence-corrected chi connectivity index (χ3v) is 6.09. The number of phenols is 1. The molecule has 5 rings (SSSR count). The fourth-order valence-electron chi connectivity index (χ4n) is 4.66. The van der Waals surface area contributed by atoms with E-state index in [1.54, 1.807) is 19.2 Å². The fraction of sp³-hybridized carbons (Fsp3) is 0.185. The molecule has 3 aromatic rings. The van der Waals surface area contributed by atoms with E-state index < -0.39 is 0 Å². The molecule has 2 aliphatic heterocycles. The van der Waals surface area contributed by atoms with Gasteiger partial charge in [0.15, 0.2) is 11.5 Å². The highest BCUT2D eigenvalue weighted by Gasteiger charge is 2.33. The first kappa shape index (κ1) is 20.5. The van der Waals surface area contributed by atoms with Gasteiger partial charge in [0.2, 0.25) is 0 Å². The lowest BCUT2D eigenvalue weighted by molar-refractivity contribution is 0.371. The van der Waals surface area contributed by atoms with Crippen LogP contribution >= 0.6 is 11.6 Å². The van der Waals surface area contributed by atoms with Crippen molar-refractivity contribution in [3.8, 4) is 28.4 Å². The third kappa shape index (κ3) is 3.32. The maximum Gasteiger partial charge on any atom is 0.172 e. The molecule has 2 heterocycles. The summed E-state index contributed by atoms with van der Waals surface area (Å²) in [5.74, 6) is 1.85. The first-order chi connectivity index (χ1) is 15.3. The molecular formula is C27H24ClNO3. The van der Waals surface area contributed by atoms with Crippen LogP contribution in [0.4, 0.5) is 5.69 Å². The van der Waals surface area contributed by atoms with Crippen molar-refractivity contribution in [1.82, 2.24) is 0 Å². The number of methoxy groups -OCH3 is 1. The molecule has 3 aromatic carbocycles. The largest absolute Gasteiger partial charge is 0.504 e. The average molecular weight is 446 g/mol. The van der Waals surface area contributed by atoms with E-state index in [1.165, 1.54) is 0 Å². The van der Waals surface area contributed by atoms with Crippen molar-refractivity contribution in [1.29, 1.82) is 0 Å². The van der Waals surface area contributed by atoms with Crippen molar-refractivity contribution in [3.05, 3.63) is 76.3 Å². The Labute approximate surface area is 192 Å². The van der Waals surface area contributed by atoms with E-state index in [0.29, 0.717) is 16.5 Å². The third-order valence-electron chi connectivity index (χ3n) is 5.84. The van der Waals surface area contributed by atoms with Gasteiger partial charge in [-0.2, -0.15) is 0 Å². The molecule has 0 spiro atoms. The van der Waals surface area contributed by atoms with Gasteiger partial charge < -0.3 is 19.9 Å². The molecule has 162 valence electrons. The van der Waals surface area contributed by atoms with Crippen molar-refractivity contribution < 1.29 is 14.6 Å². The number of anilines is 1. The van der Waals surface area contributed by atoms with Crippen molar-refractivity contribution in [2.24, 2.45) is 0 Å². The monoisotopic (exact) mass is 445 g/mol. The van der Waals surface area contributed by atoms with Gasteiger partial charge in [0, 0.05) is 27.4 Å². The predicted octanol–water partition coefficient (Wildman–Crippen LogP) is 7.22. The van der Waals surface area contributed by atoms with Gasteiger partial charge in [-0.1, -0.05) is 35.9 Å². The summed E-state index contributed by atoms with van der Waals surface area (Å²) in [5.41, 5.74) is 6.77. The highest BCUT2D eigenvalue weighted by molar-refractivity contribution is 6.30. The molecule has 4 nitrogen and oxygen atoms in total. The smallest absolute Gasteiger partial charge is 0.172 e. The minimum atomic E-state index is -0.158. The van der Waals surface area contributed by atoms with Gasteiger partial charge in [-0.25, -0.2) is 0 Å². The van der Waals surface area contributed by atoms with E-state index in [4.69, 9.17) is 21.1 Å². The van der Waals surface area contributed by atoms with Gasteiger partial charge in [-0.15, -0.1) is 0 Å². The van der Waals surface area contributed by atoms with Gasteiger partial charge in [0.25, 0.3) is 0 Å². The summed E-state index contributed by atoms with van der Waals surface area (Å²) in [4.78, 5) is 0. The second-order valence-corrected chi connectivity index (χ2v) is 9.17. The lowest BCUT2D eigenvalue weighted by Gasteiger charge is -2.35. The van der Waals surface area contributed by atoms with Crippen LogP contribution in [0.25, 0.3) is 28.5 Å². The second kappa shape index (κ2) is 7.35. The molecule has 0 saturated carbocycles. The number of nitrogens with one attached hydrogen (secondary N) is 1. The van der Waals surface area contributed by atoms with Crippen LogP contribution in [0.15, 0.2) is 54.6 Å². The zero-order valence-corrected chi connectivity index (χ0v) is 19.2. The molecule has 5 heteroatoms. The van der Waals surface area contributed by atoms with E-state index >= 15 is 0 Å². The minimum absolute atomic E-state index is 0.0789. The maximum absolute atomic E-state index is 10.4. The Kier molecular flexibility index (Phi) is 4.72. The lowest BCUT2D eigenvalue weighted by Crippen LogP contribution is -2.32. The molecule has 32 heavy (non-hydrogen) atoms. The van der Waals surface area contributed by atoms with Gasteiger partial charge in [0.1, 0.15) is 11.5 Å². The van der Waals surface area contributed by atoms with Gasteiger partial charge >= 0.3 is 0 Å². The Bertz CT molecular complexity index is 1300.